The van der Waals surface area contributed by atoms with Gasteiger partial charge in [0.05, 0.1) is 17.2 Å². The van der Waals surface area contributed by atoms with E-state index in [2.05, 4.69) is 20.3 Å². The van der Waals surface area contributed by atoms with Crippen molar-refractivity contribution >= 4 is 27.3 Å². The summed E-state index contributed by atoms with van der Waals surface area (Å²) >= 11 is 0. The van der Waals surface area contributed by atoms with Crippen molar-refractivity contribution in [2.75, 3.05) is 42.9 Å². The SMILES string of the molecule is Cc1cc(NS(=O)(=O)c2cccc(OCC(=O)NCCO)c2)cc(OCCNc2ccncc2)c1. The maximum atomic E-state index is 12.9. The smallest absolute Gasteiger partial charge is 0.262 e. The van der Waals surface area contributed by atoms with Gasteiger partial charge in [-0.25, -0.2) is 8.42 Å². The van der Waals surface area contributed by atoms with E-state index in [1.807, 2.05) is 25.1 Å². The second kappa shape index (κ2) is 12.6. The minimum absolute atomic E-state index is 0.0173. The van der Waals surface area contributed by atoms with Gasteiger partial charge in [-0.3, -0.25) is 14.5 Å². The van der Waals surface area contributed by atoms with Gasteiger partial charge in [-0.2, -0.15) is 0 Å². The van der Waals surface area contributed by atoms with Crippen molar-refractivity contribution in [1.29, 1.82) is 0 Å². The van der Waals surface area contributed by atoms with Crippen LogP contribution in [0.3, 0.4) is 0 Å². The number of benzene rings is 2. The summed E-state index contributed by atoms with van der Waals surface area (Å²) in [5.41, 5.74) is 2.11. The molecular formula is C24H28N4O6S. The Morgan fingerprint density at radius 1 is 0.971 bits per heavy atom. The van der Waals surface area contributed by atoms with Crippen molar-refractivity contribution in [3.63, 3.8) is 0 Å². The van der Waals surface area contributed by atoms with E-state index in [-0.39, 0.29) is 30.4 Å². The zero-order valence-electron chi connectivity index (χ0n) is 19.2. The summed E-state index contributed by atoms with van der Waals surface area (Å²) in [7, 11) is -3.92. The van der Waals surface area contributed by atoms with Crippen LogP contribution >= 0.6 is 0 Å². The second-order valence-electron chi connectivity index (χ2n) is 7.49. The fraction of sp³-hybridized carbons (Fsp3) is 0.250. The quantitative estimate of drug-likeness (QED) is 0.262. The Morgan fingerprint density at radius 2 is 1.77 bits per heavy atom. The molecule has 0 atom stereocenters. The largest absolute Gasteiger partial charge is 0.492 e. The highest BCUT2D eigenvalue weighted by atomic mass is 32.2. The Balaban J connectivity index is 1.60. The van der Waals surface area contributed by atoms with Gasteiger partial charge in [-0.15, -0.1) is 0 Å². The van der Waals surface area contributed by atoms with E-state index in [0.717, 1.165) is 11.3 Å². The zero-order chi connectivity index (χ0) is 25.1. The summed E-state index contributed by atoms with van der Waals surface area (Å²) in [6.45, 7) is 2.41. The number of rotatable bonds is 13. The van der Waals surface area contributed by atoms with Gasteiger partial charge in [-0.1, -0.05) is 6.07 Å². The van der Waals surface area contributed by atoms with Crippen LogP contribution in [-0.4, -0.2) is 57.3 Å². The van der Waals surface area contributed by atoms with Crippen LogP contribution in [0.15, 0.2) is 71.9 Å². The van der Waals surface area contributed by atoms with Crippen LogP contribution in [-0.2, 0) is 14.8 Å². The van der Waals surface area contributed by atoms with Gasteiger partial charge >= 0.3 is 0 Å². The van der Waals surface area contributed by atoms with Crippen molar-refractivity contribution < 1.29 is 27.8 Å². The number of pyridine rings is 1. The van der Waals surface area contributed by atoms with Gasteiger partial charge in [0.15, 0.2) is 6.61 Å². The van der Waals surface area contributed by atoms with Crippen LogP contribution < -0.4 is 24.8 Å². The molecule has 1 aromatic heterocycles. The van der Waals surface area contributed by atoms with Crippen molar-refractivity contribution in [1.82, 2.24) is 10.3 Å². The third-order valence-electron chi connectivity index (χ3n) is 4.60. The van der Waals surface area contributed by atoms with Crippen LogP contribution in [0.4, 0.5) is 11.4 Å². The van der Waals surface area contributed by atoms with Crippen molar-refractivity contribution in [2.45, 2.75) is 11.8 Å². The lowest BCUT2D eigenvalue weighted by Crippen LogP contribution is -2.31. The minimum atomic E-state index is -3.92. The summed E-state index contributed by atoms with van der Waals surface area (Å²) < 4.78 is 39.6. The summed E-state index contributed by atoms with van der Waals surface area (Å²) in [4.78, 5) is 15.6. The van der Waals surface area contributed by atoms with E-state index in [9.17, 15) is 13.2 Å². The van der Waals surface area contributed by atoms with E-state index < -0.39 is 15.9 Å². The average molecular weight is 501 g/mol. The minimum Gasteiger partial charge on any atom is -0.492 e. The van der Waals surface area contributed by atoms with Gasteiger partial charge in [-0.05, 0) is 48.9 Å². The molecule has 10 nitrogen and oxygen atoms in total. The highest BCUT2D eigenvalue weighted by molar-refractivity contribution is 7.92. The molecule has 0 bridgehead atoms. The highest BCUT2D eigenvalue weighted by Gasteiger charge is 2.16. The molecule has 4 N–H and O–H groups in total. The number of amides is 1. The first-order valence-corrected chi connectivity index (χ1v) is 12.4. The first-order chi connectivity index (χ1) is 16.9. The molecule has 0 radical (unpaired) electrons. The number of aliphatic hydroxyl groups excluding tert-OH is 1. The molecule has 0 aliphatic heterocycles. The lowest BCUT2D eigenvalue weighted by molar-refractivity contribution is -0.123. The molecule has 0 fully saturated rings. The van der Waals surface area contributed by atoms with Crippen LogP contribution in [0, 0.1) is 6.92 Å². The maximum Gasteiger partial charge on any atom is 0.262 e. The number of hydrogen-bond donors (Lipinski definition) is 4. The van der Waals surface area contributed by atoms with Crippen molar-refractivity contribution in [3.8, 4) is 11.5 Å². The molecule has 2 aromatic carbocycles. The molecule has 0 spiro atoms. The van der Waals surface area contributed by atoms with Crippen LogP contribution in [0.25, 0.3) is 0 Å². The fourth-order valence-corrected chi connectivity index (χ4v) is 4.14. The molecule has 35 heavy (non-hydrogen) atoms. The predicted octanol–water partition coefficient (Wildman–Crippen LogP) is 2.17. The maximum absolute atomic E-state index is 12.9. The topological polar surface area (TPSA) is 139 Å². The monoisotopic (exact) mass is 500 g/mol. The summed E-state index contributed by atoms with van der Waals surface area (Å²) in [5, 5.41) is 14.4. The van der Waals surface area contributed by atoms with Crippen LogP contribution in [0.1, 0.15) is 5.56 Å². The molecular weight excluding hydrogens is 472 g/mol. The Morgan fingerprint density at radius 3 is 2.54 bits per heavy atom. The highest BCUT2D eigenvalue weighted by Crippen LogP contribution is 2.25. The van der Waals surface area contributed by atoms with Gasteiger partial charge in [0, 0.05) is 43.3 Å². The normalized spacial score (nSPS) is 10.9. The van der Waals surface area contributed by atoms with Gasteiger partial charge in [0.25, 0.3) is 15.9 Å². The number of anilines is 2. The molecule has 11 heteroatoms. The number of aryl methyl sites for hydroxylation is 1. The molecule has 0 saturated heterocycles. The number of sulfonamides is 1. The van der Waals surface area contributed by atoms with Crippen molar-refractivity contribution in [2.24, 2.45) is 0 Å². The third-order valence-corrected chi connectivity index (χ3v) is 5.98. The molecule has 0 saturated carbocycles. The summed E-state index contributed by atoms with van der Waals surface area (Å²) in [6, 6.07) is 14.7. The molecule has 1 heterocycles. The lowest BCUT2D eigenvalue weighted by Gasteiger charge is -2.13. The number of nitrogens with one attached hydrogen (secondary N) is 3. The summed E-state index contributed by atoms with van der Waals surface area (Å²) in [5.74, 6) is 0.334. The first-order valence-electron chi connectivity index (χ1n) is 10.9. The zero-order valence-corrected chi connectivity index (χ0v) is 20.0. The first kappa shape index (κ1) is 25.8. The number of aromatic nitrogens is 1. The Labute approximate surface area is 204 Å². The molecule has 0 aliphatic rings. The number of carbonyl (C=O) groups excluding carboxylic acids is 1. The molecule has 3 aromatic rings. The average Bonchev–Trinajstić information content (AvgIpc) is 2.84. The molecule has 186 valence electrons. The number of nitrogens with zero attached hydrogens (tertiary/aromatic N) is 1. The summed E-state index contributed by atoms with van der Waals surface area (Å²) in [6.07, 6.45) is 3.39. The van der Waals surface area contributed by atoms with Crippen LogP contribution in [0.2, 0.25) is 0 Å². The number of hydrogen-bond acceptors (Lipinski definition) is 8. The molecule has 0 unspecified atom stereocenters. The Kier molecular flexibility index (Phi) is 9.27. The number of aliphatic hydroxyl groups is 1. The van der Waals surface area contributed by atoms with E-state index in [4.69, 9.17) is 14.6 Å². The van der Waals surface area contributed by atoms with Gasteiger partial charge in [0.2, 0.25) is 0 Å². The molecule has 0 aliphatic carbocycles. The molecule has 1 amide bonds. The van der Waals surface area contributed by atoms with Gasteiger partial charge < -0.3 is 25.2 Å². The predicted molar refractivity (Wildman–Crippen MR) is 132 cm³/mol. The van der Waals surface area contributed by atoms with E-state index in [0.29, 0.717) is 24.6 Å². The van der Waals surface area contributed by atoms with Gasteiger partial charge in [0.1, 0.15) is 18.1 Å². The lowest BCUT2D eigenvalue weighted by atomic mass is 10.2. The third kappa shape index (κ3) is 8.47. The Hall–Kier alpha value is -3.83. The second-order valence-corrected chi connectivity index (χ2v) is 9.17. The number of ether oxygens (including phenoxy) is 2. The van der Waals surface area contributed by atoms with Crippen LogP contribution in [0.5, 0.6) is 11.5 Å². The van der Waals surface area contributed by atoms with E-state index >= 15 is 0 Å². The van der Waals surface area contributed by atoms with E-state index in [1.165, 1.54) is 18.2 Å². The van der Waals surface area contributed by atoms with Crippen molar-refractivity contribution in [3.05, 3.63) is 72.6 Å². The number of carbonyl (C=O) groups is 1. The standard InChI is InChI=1S/C24H28N4O6S/c1-18-13-20(15-22(14-18)33-12-10-26-19-5-7-25-8-6-19)28-35(31,32)23-4-2-3-21(16-23)34-17-24(30)27-9-11-29/h2-8,13-16,28-29H,9-12,17H2,1H3,(H,25,26)(H,27,30). The fourth-order valence-electron chi connectivity index (χ4n) is 3.06. The Bertz CT molecular complexity index is 1220. The molecule has 3 rings (SSSR count). The van der Waals surface area contributed by atoms with E-state index in [1.54, 1.807) is 30.6 Å².